The van der Waals surface area contributed by atoms with Gasteiger partial charge in [-0.2, -0.15) is 0 Å². The second-order valence-corrected chi connectivity index (χ2v) is 12.2. The van der Waals surface area contributed by atoms with Gasteiger partial charge in [-0.1, -0.05) is 0 Å². The molecule has 0 aliphatic heterocycles. The Morgan fingerprint density at radius 2 is 0.589 bits per heavy atom. The van der Waals surface area contributed by atoms with E-state index in [9.17, 15) is 5.11 Å². The second-order valence-electron chi connectivity index (χ2n) is 12.2. The van der Waals surface area contributed by atoms with Crippen molar-refractivity contribution in [3.63, 3.8) is 0 Å². The van der Waals surface area contributed by atoms with Crippen LogP contribution < -0.4 is 56.8 Å². The van der Waals surface area contributed by atoms with E-state index in [1.165, 1.54) is 28.4 Å². The van der Waals surface area contributed by atoms with Gasteiger partial charge in [-0.15, -0.1) is 0 Å². The molecule has 0 unspecified atom stereocenters. The summed E-state index contributed by atoms with van der Waals surface area (Å²) in [5.41, 5.74) is 4.47. The molecule has 0 heterocycles. The van der Waals surface area contributed by atoms with Crippen LogP contribution in [-0.2, 0) is 0 Å². The van der Waals surface area contributed by atoms with Gasteiger partial charge < -0.3 is 61.9 Å². The zero-order chi connectivity index (χ0) is 40.8. The molecular formula is C43H48O13. The van der Waals surface area contributed by atoms with Crippen LogP contribution in [0.3, 0.4) is 0 Å². The second kappa shape index (κ2) is 17.3. The Labute approximate surface area is 327 Å². The first-order chi connectivity index (χ1) is 27.0. The summed E-state index contributed by atoms with van der Waals surface area (Å²) >= 11 is 0. The fraction of sp³-hybridized carbons (Fsp3) is 0.302. The van der Waals surface area contributed by atoms with Crippen molar-refractivity contribution in [1.82, 2.24) is 0 Å². The molecule has 13 heteroatoms. The van der Waals surface area contributed by atoms with Crippen molar-refractivity contribution in [2.75, 3.05) is 78.2 Å². The van der Waals surface area contributed by atoms with E-state index in [0.717, 1.165) is 0 Å². The van der Waals surface area contributed by atoms with E-state index in [1.807, 2.05) is 26.0 Å². The van der Waals surface area contributed by atoms with Crippen molar-refractivity contribution in [1.29, 1.82) is 0 Å². The third-order valence-electron chi connectivity index (χ3n) is 9.51. The van der Waals surface area contributed by atoms with Crippen LogP contribution in [0.1, 0.15) is 11.1 Å². The summed E-state index contributed by atoms with van der Waals surface area (Å²) in [5.74, 6) is 5.01. The highest BCUT2D eigenvalue weighted by Gasteiger charge is 2.32. The molecule has 5 aromatic rings. The molecule has 298 valence electrons. The Hall–Kier alpha value is -6.50. The molecule has 5 rings (SSSR count). The van der Waals surface area contributed by atoms with Crippen molar-refractivity contribution >= 4 is 0 Å². The van der Waals surface area contributed by atoms with Gasteiger partial charge in [0.15, 0.2) is 23.0 Å². The number of aromatic hydroxyl groups is 1. The van der Waals surface area contributed by atoms with Gasteiger partial charge in [-0.25, -0.2) is 0 Å². The molecule has 13 nitrogen and oxygen atoms in total. The van der Waals surface area contributed by atoms with Gasteiger partial charge in [0.1, 0.15) is 46.0 Å². The minimum Gasteiger partial charge on any atom is -0.507 e. The van der Waals surface area contributed by atoms with Crippen molar-refractivity contribution in [3.8, 4) is 114 Å². The van der Waals surface area contributed by atoms with Crippen LogP contribution in [0.4, 0.5) is 0 Å². The van der Waals surface area contributed by atoms with Crippen molar-refractivity contribution in [2.24, 2.45) is 0 Å². The van der Waals surface area contributed by atoms with E-state index in [0.29, 0.717) is 108 Å². The highest BCUT2D eigenvalue weighted by atomic mass is 16.6. The maximum Gasteiger partial charge on any atom is 0.211 e. The molecule has 1 N–H and O–H groups in total. The summed E-state index contributed by atoms with van der Waals surface area (Å²) < 4.78 is 70.6. The third-order valence-corrected chi connectivity index (χ3v) is 9.51. The predicted octanol–water partition coefficient (Wildman–Crippen LogP) is 8.90. The molecule has 5 aromatic carbocycles. The van der Waals surface area contributed by atoms with E-state index < -0.39 is 0 Å². The Morgan fingerprint density at radius 3 is 0.857 bits per heavy atom. The summed E-state index contributed by atoms with van der Waals surface area (Å²) in [6, 6.07) is 14.0. The lowest BCUT2D eigenvalue weighted by Gasteiger charge is -2.27. The first-order valence-corrected chi connectivity index (χ1v) is 17.2. The third kappa shape index (κ3) is 7.19. The van der Waals surface area contributed by atoms with Crippen LogP contribution in [0, 0.1) is 13.8 Å². The molecule has 0 atom stereocenters. The molecule has 0 aromatic heterocycles. The van der Waals surface area contributed by atoms with Crippen molar-refractivity contribution in [3.05, 3.63) is 59.7 Å². The summed E-state index contributed by atoms with van der Waals surface area (Å²) in [4.78, 5) is 0. The number of methoxy groups -OCH3 is 11. The summed E-state index contributed by atoms with van der Waals surface area (Å²) in [6.07, 6.45) is 0. The molecule has 0 amide bonds. The van der Waals surface area contributed by atoms with Crippen molar-refractivity contribution < 1.29 is 61.9 Å². The molecule has 56 heavy (non-hydrogen) atoms. The van der Waals surface area contributed by atoms with E-state index in [-0.39, 0.29) is 17.2 Å². The maximum atomic E-state index is 12.0. The zero-order valence-corrected chi connectivity index (χ0v) is 34.0. The summed E-state index contributed by atoms with van der Waals surface area (Å²) in [7, 11) is 16.9. The Kier molecular flexibility index (Phi) is 12.6. The minimum absolute atomic E-state index is 0.0242. The number of phenolic OH excluding ortho intramolecular Hbond substituents is 1. The van der Waals surface area contributed by atoms with Gasteiger partial charge in [0.25, 0.3) is 0 Å². The average Bonchev–Trinajstić information content (AvgIpc) is 3.24. The van der Waals surface area contributed by atoms with Crippen molar-refractivity contribution in [2.45, 2.75) is 13.8 Å². The van der Waals surface area contributed by atoms with Gasteiger partial charge in [0.2, 0.25) is 11.5 Å². The number of phenols is 1. The number of hydrogen-bond donors (Lipinski definition) is 1. The Balaban J connectivity index is 2.00. The monoisotopic (exact) mass is 772 g/mol. The zero-order valence-electron chi connectivity index (χ0n) is 34.0. The number of ether oxygens (including phenoxy) is 12. The van der Waals surface area contributed by atoms with Crippen LogP contribution in [-0.4, -0.2) is 83.3 Å². The molecule has 0 aliphatic carbocycles. The highest BCUT2D eigenvalue weighted by Crippen LogP contribution is 2.58. The average molecular weight is 773 g/mol. The SMILES string of the molecule is COc1cc(OC)c(Oc2c(OC)cc(-c3c(-c4c(OC)cc(OC)cc4OC)c(C)c(O)c(C)c3-c3c(OC)cc(OC)cc3OC)cc2OC)c(OC)c1. The van der Waals surface area contributed by atoms with E-state index in [2.05, 4.69) is 0 Å². The smallest absolute Gasteiger partial charge is 0.211 e. The van der Waals surface area contributed by atoms with Gasteiger partial charge >= 0.3 is 0 Å². The number of benzene rings is 5. The van der Waals surface area contributed by atoms with Crippen LogP contribution in [0.25, 0.3) is 33.4 Å². The first kappa shape index (κ1) is 40.7. The minimum atomic E-state index is 0.0242. The van der Waals surface area contributed by atoms with Gasteiger partial charge in [0.05, 0.1) is 89.3 Å². The molecule has 0 radical (unpaired) electrons. The fourth-order valence-electron chi connectivity index (χ4n) is 6.74. The van der Waals surface area contributed by atoms with E-state index >= 15 is 0 Å². The Bertz CT molecular complexity index is 2040. The summed E-state index contributed by atoms with van der Waals surface area (Å²) in [6.45, 7) is 3.65. The van der Waals surface area contributed by atoms with Crippen LogP contribution >= 0.6 is 0 Å². The molecule has 0 bridgehead atoms. The Morgan fingerprint density at radius 1 is 0.321 bits per heavy atom. The molecule has 0 fully saturated rings. The standard InChI is InChI=1S/C43H48O13/c1-22-36(39-28(48-6)16-25(45-3)17-29(39)49-7)38(37(23(2)41(22)44)40-30(50-8)18-26(46-4)19-31(40)51-9)24-14-32(52-10)42(33(15-24)53-11)56-43-34(54-12)20-27(47-5)21-35(43)55-13/h14-21,44H,1-13H3. The maximum absolute atomic E-state index is 12.0. The van der Waals surface area contributed by atoms with Gasteiger partial charge in [-0.3, -0.25) is 0 Å². The largest absolute Gasteiger partial charge is 0.507 e. The van der Waals surface area contributed by atoms with E-state index in [4.69, 9.17) is 56.8 Å². The van der Waals surface area contributed by atoms with Gasteiger partial charge in [-0.05, 0) is 48.2 Å². The van der Waals surface area contributed by atoms with E-state index in [1.54, 1.807) is 86.2 Å². The number of rotatable bonds is 16. The molecule has 0 spiro atoms. The lowest BCUT2D eigenvalue weighted by molar-refractivity contribution is 0.313. The fourth-order valence-corrected chi connectivity index (χ4v) is 6.74. The van der Waals surface area contributed by atoms with Gasteiger partial charge in [0, 0.05) is 47.5 Å². The normalized spacial score (nSPS) is 10.7. The molecule has 0 saturated heterocycles. The summed E-state index contributed by atoms with van der Waals surface area (Å²) in [5, 5.41) is 12.0. The molecule has 0 aliphatic rings. The van der Waals surface area contributed by atoms with Crippen LogP contribution in [0.15, 0.2) is 48.5 Å². The first-order valence-electron chi connectivity index (χ1n) is 17.2. The quantitative estimate of drug-likeness (QED) is 0.103. The van der Waals surface area contributed by atoms with Crippen LogP contribution in [0.5, 0.6) is 80.5 Å². The van der Waals surface area contributed by atoms with Crippen LogP contribution in [0.2, 0.25) is 0 Å². The predicted molar refractivity (Wildman–Crippen MR) is 212 cm³/mol. The lowest BCUT2D eigenvalue weighted by Crippen LogP contribution is -2.04. The topological polar surface area (TPSA) is 131 Å². The molecule has 0 saturated carbocycles. The molecular weight excluding hydrogens is 724 g/mol. The highest BCUT2D eigenvalue weighted by molar-refractivity contribution is 6.04. The number of hydrogen-bond acceptors (Lipinski definition) is 13. The lowest BCUT2D eigenvalue weighted by atomic mass is 9.80.